The van der Waals surface area contributed by atoms with E-state index in [9.17, 15) is 18.0 Å². The van der Waals surface area contributed by atoms with Crippen LogP contribution in [0.4, 0.5) is 18.3 Å². The third-order valence-corrected chi connectivity index (χ3v) is 4.36. The Kier molecular flexibility index (Phi) is 3.96. The first-order valence-electron chi connectivity index (χ1n) is 6.73. The molecule has 0 radical (unpaired) electrons. The summed E-state index contributed by atoms with van der Waals surface area (Å²) in [5, 5.41) is 9.65. The van der Waals surface area contributed by atoms with Crippen LogP contribution in [-0.2, 0) is 6.18 Å². The van der Waals surface area contributed by atoms with Gasteiger partial charge < -0.3 is 14.3 Å². The molecule has 1 aliphatic rings. The highest BCUT2D eigenvalue weighted by molar-refractivity contribution is 7.15. The van der Waals surface area contributed by atoms with Gasteiger partial charge in [-0.2, -0.15) is 13.2 Å². The van der Waals surface area contributed by atoms with E-state index < -0.39 is 11.2 Å². The van der Waals surface area contributed by atoms with Crippen molar-refractivity contribution in [1.29, 1.82) is 0 Å². The van der Waals surface area contributed by atoms with Crippen LogP contribution in [0.3, 0.4) is 0 Å². The summed E-state index contributed by atoms with van der Waals surface area (Å²) >= 11 is 0.502. The molecule has 3 rings (SSSR count). The largest absolute Gasteiger partial charge is 0.445 e. The molecular weight excluding hydrogens is 335 g/mol. The van der Waals surface area contributed by atoms with Crippen molar-refractivity contribution < 1.29 is 22.5 Å². The number of anilines is 1. The van der Waals surface area contributed by atoms with E-state index in [1.165, 1.54) is 0 Å². The lowest BCUT2D eigenvalue weighted by Crippen LogP contribution is -2.48. The Morgan fingerprint density at radius 2 is 1.96 bits per heavy atom. The number of aromatic nitrogens is 3. The number of carbonyl (C=O) groups excluding carboxylic acids is 1. The lowest BCUT2D eigenvalue weighted by atomic mass is 10.3. The monoisotopic (exact) mass is 347 g/mol. The van der Waals surface area contributed by atoms with Crippen molar-refractivity contribution in [2.45, 2.75) is 13.1 Å². The number of alkyl halides is 3. The third-order valence-electron chi connectivity index (χ3n) is 3.33. The van der Waals surface area contributed by atoms with Crippen molar-refractivity contribution >= 4 is 22.4 Å². The maximum Gasteiger partial charge on any atom is 0.445 e. The van der Waals surface area contributed by atoms with Gasteiger partial charge in [0.25, 0.3) is 5.91 Å². The summed E-state index contributed by atoms with van der Waals surface area (Å²) in [5.41, 5.74) is 0.612. The summed E-state index contributed by atoms with van der Waals surface area (Å²) in [6.07, 6.45) is -4.49. The van der Waals surface area contributed by atoms with Gasteiger partial charge in [-0.05, 0) is 6.92 Å². The SMILES string of the molecule is Cc1cc(C(=O)N2CCN(c3nnc(C(F)(F)F)s3)CC2)on1. The van der Waals surface area contributed by atoms with Crippen molar-refractivity contribution in [2.75, 3.05) is 31.1 Å². The van der Waals surface area contributed by atoms with Crippen molar-refractivity contribution in [3.8, 4) is 0 Å². The number of hydrogen-bond donors (Lipinski definition) is 0. The quantitative estimate of drug-likeness (QED) is 0.825. The van der Waals surface area contributed by atoms with Crippen LogP contribution < -0.4 is 4.90 Å². The van der Waals surface area contributed by atoms with E-state index >= 15 is 0 Å². The molecule has 1 fully saturated rings. The van der Waals surface area contributed by atoms with Gasteiger partial charge in [0.2, 0.25) is 15.9 Å². The van der Waals surface area contributed by atoms with Gasteiger partial charge in [0.05, 0.1) is 5.69 Å². The van der Waals surface area contributed by atoms with Crippen LogP contribution in [0, 0.1) is 6.92 Å². The average Bonchev–Trinajstić information content (AvgIpc) is 3.15. The fraction of sp³-hybridized carbons (Fsp3) is 0.500. The first-order chi connectivity index (χ1) is 10.8. The summed E-state index contributed by atoms with van der Waals surface area (Å²) in [5.74, 6) is -0.121. The van der Waals surface area contributed by atoms with Gasteiger partial charge in [-0.1, -0.05) is 16.5 Å². The number of hydrogen-bond acceptors (Lipinski definition) is 7. The molecule has 3 heterocycles. The molecule has 7 nitrogen and oxygen atoms in total. The predicted octanol–water partition coefficient (Wildman–Crippen LogP) is 1.82. The second-order valence-electron chi connectivity index (χ2n) is 5.00. The van der Waals surface area contributed by atoms with Crippen molar-refractivity contribution in [3.63, 3.8) is 0 Å². The molecule has 0 saturated carbocycles. The van der Waals surface area contributed by atoms with Gasteiger partial charge in [-0.15, -0.1) is 10.2 Å². The summed E-state index contributed by atoms with van der Waals surface area (Å²) in [4.78, 5) is 15.4. The highest BCUT2D eigenvalue weighted by atomic mass is 32.1. The van der Waals surface area contributed by atoms with E-state index in [4.69, 9.17) is 4.52 Å². The summed E-state index contributed by atoms with van der Waals surface area (Å²) in [6.45, 7) is 3.20. The molecule has 0 N–H and O–H groups in total. The molecule has 23 heavy (non-hydrogen) atoms. The molecule has 0 atom stereocenters. The molecule has 124 valence electrons. The molecule has 0 spiro atoms. The minimum absolute atomic E-state index is 0.159. The van der Waals surface area contributed by atoms with E-state index in [1.54, 1.807) is 22.8 Å². The zero-order valence-electron chi connectivity index (χ0n) is 12.0. The number of halogens is 3. The molecule has 2 aromatic heterocycles. The lowest BCUT2D eigenvalue weighted by Gasteiger charge is -2.33. The molecule has 1 saturated heterocycles. The number of carbonyl (C=O) groups is 1. The summed E-state index contributed by atoms with van der Waals surface area (Å²) in [7, 11) is 0. The first-order valence-corrected chi connectivity index (χ1v) is 7.54. The Morgan fingerprint density at radius 1 is 1.26 bits per heavy atom. The van der Waals surface area contributed by atoms with Gasteiger partial charge >= 0.3 is 6.18 Å². The molecule has 11 heteroatoms. The Morgan fingerprint density at radius 3 is 2.48 bits per heavy atom. The van der Waals surface area contributed by atoms with Crippen molar-refractivity contribution in [2.24, 2.45) is 0 Å². The highest BCUT2D eigenvalue weighted by Crippen LogP contribution is 2.34. The Bertz CT molecular complexity index is 706. The molecule has 1 aliphatic heterocycles. The van der Waals surface area contributed by atoms with Crippen LogP contribution in [0.5, 0.6) is 0 Å². The van der Waals surface area contributed by atoms with Crippen LogP contribution in [0.25, 0.3) is 0 Å². The zero-order valence-corrected chi connectivity index (χ0v) is 12.8. The van der Waals surface area contributed by atoms with Gasteiger partial charge in [0, 0.05) is 32.2 Å². The average molecular weight is 347 g/mol. The van der Waals surface area contributed by atoms with Crippen molar-refractivity contribution in [3.05, 3.63) is 22.5 Å². The molecule has 2 aromatic rings. The minimum atomic E-state index is -4.49. The maximum absolute atomic E-state index is 12.5. The van der Waals surface area contributed by atoms with Gasteiger partial charge in [0.15, 0.2) is 0 Å². The van der Waals surface area contributed by atoms with E-state index in [1.807, 2.05) is 0 Å². The summed E-state index contributed by atoms with van der Waals surface area (Å²) in [6, 6.07) is 1.55. The first kappa shape index (κ1) is 15.7. The standard InChI is InChI=1S/C12H12F3N5O2S/c1-7-6-8(22-18-7)9(21)19-2-4-20(5-3-19)11-17-16-10(23-11)12(13,14)15/h6H,2-5H2,1H3. The zero-order chi connectivity index (χ0) is 16.6. The molecule has 1 amide bonds. The van der Waals surface area contributed by atoms with Crippen LogP contribution in [0.2, 0.25) is 0 Å². The van der Waals surface area contributed by atoms with Crippen LogP contribution in [0.15, 0.2) is 10.6 Å². The topological polar surface area (TPSA) is 75.4 Å². The van der Waals surface area contributed by atoms with E-state index in [0.29, 0.717) is 43.2 Å². The normalized spacial score (nSPS) is 16.0. The Hall–Kier alpha value is -2.17. The molecular formula is C12H12F3N5O2S. The fourth-order valence-corrected chi connectivity index (χ4v) is 2.94. The number of rotatable bonds is 2. The van der Waals surface area contributed by atoms with Gasteiger partial charge in [-0.3, -0.25) is 4.79 Å². The van der Waals surface area contributed by atoms with E-state index in [0.717, 1.165) is 0 Å². The van der Waals surface area contributed by atoms with Crippen molar-refractivity contribution in [1.82, 2.24) is 20.3 Å². The smallest absolute Gasteiger partial charge is 0.351 e. The highest BCUT2D eigenvalue weighted by Gasteiger charge is 2.36. The van der Waals surface area contributed by atoms with Gasteiger partial charge in [0.1, 0.15) is 0 Å². The van der Waals surface area contributed by atoms with Crippen LogP contribution in [-0.4, -0.2) is 52.3 Å². The Labute approximate surface area is 132 Å². The molecule has 0 bridgehead atoms. The fourth-order valence-electron chi connectivity index (χ4n) is 2.18. The summed E-state index contributed by atoms with van der Waals surface area (Å²) < 4.78 is 42.6. The number of piperazine rings is 1. The maximum atomic E-state index is 12.5. The Balaban J connectivity index is 1.62. The number of aryl methyl sites for hydroxylation is 1. The van der Waals surface area contributed by atoms with Crippen LogP contribution in [0.1, 0.15) is 21.3 Å². The van der Waals surface area contributed by atoms with Gasteiger partial charge in [-0.25, -0.2) is 0 Å². The second kappa shape index (κ2) is 5.80. The lowest BCUT2D eigenvalue weighted by molar-refractivity contribution is -0.138. The third kappa shape index (κ3) is 3.28. The minimum Gasteiger partial charge on any atom is -0.351 e. The van der Waals surface area contributed by atoms with Crippen LogP contribution >= 0.6 is 11.3 Å². The number of amides is 1. The van der Waals surface area contributed by atoms with E-state index in [2.05, 4.69) is 15.4 Å². The van der Waals surface area contributed by atoms with E-state index in [-0.39, 0.29) is 16.8 Å². The molecule has 0 aromatic carbocycles. The number of nitrogens with zero attached hydrogens (tertiary/aromatic N) is 5. The molecule has 0 unspecified atom stereocenters. The predicted molar refractivity (Wildman–Crippen MR) is 74.3 cm³/mol. The second-order valence-corrected chi connectivity index (χ2v) is 5.96. The molecule has 0 aliphatic carbocycles.